The molecule has 0 spiro atoms. The molecule has 0 saturated heterocycles. The minimum absolute atomic E-state index is 0.224. The van der Waals surface area contributed by atoms with Crippen molar-refractivity contribution in [1.29, 1.82) is 0 Å². The molecular weight excluding hydrogens is 304 g/mol. The van der Waals surface area contributed by atoms with Gasteiger partial charge in [0.05, 0.1) is 6.26 Å². The molecule has 2 heterocycles. The molecule has 4 aromatic rings. The zero-order valence-corrected chi connectivity index (χ0v) is 12.7. The summed E-state index contributed by atoms with van der Waals surface area (Å²) in [5, 5.41) is 8.94. The van der Waals surface area contributed by atoms with Crippen LogP contribution in [0.1, 0.15) is 16.1 Å². The molecule has 5 heteroatoms. The lowest BCUT2D eigenvalue weighted by Gasteiger charge is -2.07. The molecule has 0 bridgehead atoms. The lowest BCUT2D eigenvalue weighted by molar-refractivity contribution is 0.0942. The van der Waals surface area contributed by atoms with Gasteiger partial charge in [-0.2, -0.15) is 0 Å². The Balaban J connectivity index is 1.50. The largest absolute Gasteiger partial charge is 0.461 e. The first-order valence-electron chi connectivity index (χ1n) is 7.57. The van der Waals surface area contributed by atoms with Crippen molar-refractivity contribution in [3.63, 3.8) is 0 Å². The third-order valence-corrected chi connectivity index (χ3v) is 3.83. The second kappa shape index (κ2) is 6.04. The van der Waals surface area contributed by atoms with Crippen molar-refractivity contribution in [1.82, 2.24) is 10.5 Å². The summed E-state index contributed by atoms with van der Waals surface area (Å²) in [4.78, 5) is 12.3. The van der Waals surface area contributed by atoms with Crippen molar-refractivity contribution in [3.8, 4) is 11.5 Å². The van der Waals surface area contributed by atoms with Gasteiger partial charge in [-0.25, -0.2) is 0 Å². The Hall–Kier alpha value is -3.34. The molecule has 0 aliphatic heterocycles. The van der Waals surface area contributed by atoms with E-state index in [0.717, 1.165) is 16.3 Å². The van der Waals surface area contributed by atoms with Crippen molar-refractivity contribution in [2.75, 3.05) is 0 Å². The first-order valence-corrected chi connectivity index (χ1v) is 7.57. The van der Waals surface area contributed by atoms with Gasteiger partial charge in [0.25, 0.3) is 5.91 Å². The highest BCUT2D eigenvalue weighted by Gasteiger charge is 2.15. The van der Waals surface area contributed by atoms with E-state index in [9.17, 15) is 4.79 Å². The van der Waals surface area contributed by atoms with Crippen LogP contribution in [0.15, 0.2) is 75.9 Å². The highest BCUT2D eigenvalue weighted by atomic mass is 16.5. The number of fused-ring (bicyclic) bond motifs is 1. The van der Waals surface area contributed by atoms with Crippen LogP contribution in [-0.4, -0.2) is 11.1 Å². The minimum Gasteiger partial charge on any atom is -0.461 e. The standard InChI is InChI=1S/C19H14N2O3/c22-19(16-11-18(24-21-16)17-9-4-10-23-17)20-12-14-7-3-6-13-5-1-2-8-15(13)14/h1-11H,12H2,(H,20,22). The summed E-state index contributed by atoms with van der Waals surface area (Å²) in [5.41, 5.74) is 1.28. The van der Waals surface area contributed by atoms with E-state index in [4.69, 9.17) is 8.94 Å². The molecule has 24 heavy (non-hydrogen) atoms. The third kappa shape index (κ3) is 2.67. The minimum atomic E-state index is -0.288. The van der Waals surface area contributed by atoms with Gasteiger partial charge in [0, 0.05) is 12.6 Å². The smallest absolute Gasteiger partial charge is 0.273 e. The Kier molecular flexibility index (Phi) is 3.59. The van der Waals surface area contributed by atoms with Crippen LogP contribution in [0.5, 0.6) is 0 Å². The predicted molar refractivity (Wildman–Crippen MR) is 89.3 cm³/mol. The molecule has 4 rings (SSSR count). The maximum absolute atomic E-state index is 12.3. The fourth-order valence-electron chi connectivity index (χ4n) is 2.63. The van der Waals surface area contributed by atoms with Crippen LogP contribution in [0, 0.1) is 0 Å². The van der Waals surface area contributed by atoms with Gasteiger partial charge in [0.15, 0.2) is 11.5 Å². The Bertz CT molecular complexity index is 981. The summed E-state index contributed by atoms with van der Waals surface area (Å²) in [6, 6.07) is 19.2. The van der Waals surface area contributed by atoms with E-state index in [1.165, 1.54) is 6.26 Å². The van der Waals surface area contributed by atoms with E-state index in [1.807, 2.05) is 42.5 Å². The van der Waals surface area contributed by atoms with Gasteiger partial charge in [-0.1, -0.05) is 47.6 Å². The SMILES string of the molecule is O=C(NCc1cccc2ccccc12)c1cc(-c2ccco2)on1. The van der Waals surface area contributed by atoms with Crippen molar-refractivity contribution < 1.29 is 13.7 Å². The number of hydrogen-bond donors (Lipinski definition) is 1. The molecule has 2 aromatic carbocycles. The van der Waals surface area contributed by atoms with Crippen LogP contribution < -0.4 is 5.32 Å². The van der Waals surface area contributed by atoms with E-state index < -0.39 is 0 Å². The van der Waals surface area contributed by atoms with Gasteiger partial charge in [-0.3, -0.25) is 4.79 Å². The summed E-state index contributed by atoms with van der Waals surface area (Å²) in [7, 11) is 0. The Morgan fingerprint density at radius 2 is 1.88 bits per heavy atom. The molecule has 0 unspecified atom stereocenters. The second-order valence-corrected chi connectivity index (χ2v) is 5.37. The highest BCUT2D eigenvalue weighted by Crippen LogP contribution is 2.21. The number of hydrogen-bond acceptors (Lipinski definition) is 4. The maximum atomic E-state index is 12.3. The van der Waals surface area contributed by atoms with Gasteiger partial charge in [-0.15, -0.1) is 0 Å². The fourth-order valence-corrected chi connectivity index (χ4v) is 2.63. The summed E-state index contributed by atoms with van der Waals surface area (Å²) in [6.45, 7) is 0.420. The number of rotatable bonds is 4. The number of aromatic nitrogens is 1. The van der Waals surface area contributed by atoms with Crippen LogP contribution in [0.4, 0.5) is 0 Å². The van der Waals surface area contributed by atoms with Gasteiger partial charge < -0.3 is 14.3 Å². The number of carbonyl (C=O) groups is 1. The molecule has 1 amide bonds. The molecule has 0 aliphatic rings. The Morgan fingerprint density at radius 1 is 1.00 bits per heavy atom. The molecule has 0 saturated carbocycles. The Morgan fingerprint density at radius 3 is 2.75 bits per heavy atom. The van der Waals surface area contributed by atoms with Gasteiger partial charge in [-0.05, 0) is 28.5 Å². The molecule has 0 atom stereocenters. The predicted octanol–water partition coefficient (Wildman–Crippen LogP) is 4.02. The highest BCUT2D eigenvalue weighted by molar-refractivity contribution is 5.93. The van der Waals surface area contributed by atoms with Crippen molar-refractivity contribution >= 4 is 16.7 Å². The quantitative estimate of drug-likeness (QED) is 0.617. The molecular formula is C19H14N2O3. The normalized spacial score (nSPS) is 10.8. The maximum Gasteiger partial charge on any atom is 0.273 e. The summed E-state index contributed by atoms with van der Waals surface area (Å²) >= 11 is 0. The average molecular weight is 318 g/mol. The topological polar surface area (TPSA) is 68.3 Å². The first kappa shape index (κ1) is 14.3. The van der Waals surface area contributed by atoms with E-state index in [-0.39, 0.29) is 11.6 Å². The number of furan rings is 1. The van der Waals surface area contributed by atoms with Crippen LogP contribution >= 0.6 is 0 Å². The fraction of sp³-hybridized carbons (Fsp3) is 0.0526. The van der Waals surface area contributed by atoms with Crippen LogP contribution in [-0.2, 0) is 6.54 Å². The van der Waals surface area contributed by atoms with Crippen molar-refractivity contribution in [2.45, 2.75) is 6.54 Å². The molecule has 2 aromatic heterocycles. The average Bonchev–Trinajstić information content (AvgIpc) is 3.30. The number of carbonyl (C=O) groups excluding carboxylic acids is 1. The van der Waals surface area contributed by atoms with Crippen LogP contribution in [0.3, 0.4) is 0 Å². The van der Waals surface area contributed by atoms with E-state index in [2.05, 4.69) is 10.5 Å². The van der Waals surface area contributed by atoms with Crippen molar-refractivity contribution in [3.05, 3.63) is 78.2 Å². The zero-order chi connectivity index (χ0) is 16.4. The second-order valence-electron chi connectivity index (χ2n) is 5.37. The van der Waals surface area contributed by atoms with Gasteiger partial charge in [0.1, 0.15) is 0 Å². The number of amides is 1. The lowest BCUT2D eigenvalue weighted by atomic mass is 10.0. The summed E-state index contributed by atoms with van der Waals surface area (Å²) in [6.07, 6.45) is 1.54. The van der Waals surface area contributed by atoms with Gasteiger partial charge in [0.2, 0.25) is 5.76 Å². The van der Waals surface area contributed by atoms with Crippen LogP contribution in [0.25, 0.3) is 22.3 Å². The molecule has 0 aliphatic carbocycles. The number of nitrogens with one attached hydrogen (secondary N) is 1. The third-order valence-electron chi connectivity index (χ3n) is 3.83. The lowest BCUT2D eigenvalue weighted by Crippen LogP contribution is -2.23. The number of benzene rings is 2. The number of nitrogens with zero attached hydrogens (tertiary/aromatic N) is 1. The van der Waals surface area contributed by atoms with Crippen molar-refractivity contribution in [2.24, 2.45) is 0 Å². The van der Waals surface area contributed by atoms with E-state index >= 15 is 0 Å². The summed E-state index contributed by atoms with van der Waals surface area (Å²) < 4.78 is 10.4. The van der Waals surface area contributed by atoms with Gasteiger partial charge >= 0.3 is 0 Å². The molecule has 118 valence electrons. The monoisotopic (exact) mass is 318 g/mol. The summed E-state index contributed by atoms with van der Waals surface area (Å²) in [5.74, 6) is 0.676. The molecule has 1 N–H and O–H groups in total. The first-order chi connectivity index (χ1) is 11.8. The molecule has 5 nitrogen and oxygen atoms in total. The molecule has 0 fully saturated rings. The zero-order valence-electron chi connectivity index (χ0n) is 12.7. The Labute approximate surface area is 137 Å². The van der Waals surface area contributed by atoms with Crippen LogP contribution in [0.2, 0.25) is 0 Å². The molecule has 0 radical (unpaired) electrons. The van der Waals surface area contributed by atoms with E-state index in [1.54, 1.807) is 18.2 Å². The van der Waals surface area contributed by atoms with E-state index in [0.29, 0.717) is 18.1 Å².